The van der Waals surface area contributed by atoms with Crippen molar-refractivity contribution in [1.29, 1.82) is 5.26 Å². The summed E-state index contributed by atoms with van der Waals surface area (Å²) in [6.45, 7) is 4.11. The minimum absolute atomic E-state index is 0.107. The number of nitrogens with zero attached hydrogens (tertiary/aromatic N) is 3. The van der Waals surface area contributed by atoms with Crippen LogP contribution in [0.1, 0.15) is 48.6 Å². The van der Waals surface area contributed by atoms with E-state index >= 15 is 0 Å². The van der Waals surface area contributed by atoms with Gasteiger partial charge in [-0.1, -0.05) is 19.4 Å². The highest BCUT2D eigenvalue weighted by molar-refractivity contribution is 5.54. The molecule has 0 aliphatic carbocycles. The molecule has 2 aromatic rings. The molecule has 0 amide bonds. The van der Waals surface area contributed by atoms with Gasteiger partial charge in [-0.3, -0.25) is 0 Å². The fraction of sp³-hybridized carbons (Fsp3) is 0.450. The molecule has 7 heteroatoms. The lowest BCUT2D eigenvalue weighted by Gasteiger charge is -2.21. The number of methoxy groups -OCH3 is 1. The summed E-state index contributed by atoms with van der Waals surface area (Å²) in [5, 5.41) is 21.8. The third-order valence-corrected chi connectivity index (χ3v) is 4.47. The Labute approximate surface area is 160 Å². The van der Waals surface area contributed by atoms with Crippen LogP contribution < -0.4 is 15.8 Å². The van der Waals surface area contributed by atoms with Crippen molar-refractivity contribution >= 4 is 11.8 Å². The highest BCUT2D eigenvalue weighted by Gasteiger charge is 2.17. The molecule has 1 atom stereocenters. The van der Waals surface area contributed by atoms with Crippen molar-refractivity contribution in [3.05, 3.63) is 40.6 Å². The second kappa shape index (κ2) is 9.74. The molecule has 4 N–H and O–H groups in total. The van der Waals surface area contributed by atoms with Gasteiger partial charge >= 0.3 is 0 Å². The Morgan fingerprint density at radius 1 is 1.33 bits per heavy atom. The van der Waals surface area contributed by atoms with Crippen LogP contribution in [-0.4, -0.2) is 34.8 Å². The SMILES string of the molecule is CCC[C@@H](CCO)Nc1nc(N)nc(C)c1Cc1ccc(C#N)cc1OC. The van der Waals surface area contributed by atoms with Crippen molar-refractivity contribution in [1.82, 2.24) is 9.97 Å². The summed E-state index contributed by atoms with van der Waals surface area (Å²) < 4.78 is 5.45. The summed E-state index contributed by atoms with van der Waals surface area (Å²) in [6.07, 6.45) is 3.09. The number of nitriles is 1. The second-order valence-electron chi connectivity index (χ2n) is 6.45. The average molecular weight is 369 g/mol. The summed E-state index contributed by atoms with van der Waals surface area (Å²) in [7, 11) is 1.59. The number of nitrogens with one attached hydrogen (secondary N) is 1. The second-order valence-corrected chi connectivity index (χ2v) is 6.45. The van der Waals surface area contributed by atoms with Crippen molar-refractivity contribution < 1.29 is 9.84 Å². The van der Waals surface area contributed by atoms with Crippen molar-refractivity contribution in [2.24, 2.45) is 0 Å². The van der Waals surface area contributed by atoms with Gasteiger partial charge in [-0.05, 0) is 37.5 Å². The first-order chi connectivity index (χ1) is 13.0. The molecule has 7 nitrogen and oxygen atoms in total. The molecular formula is C20H27N5O2. The van der Waals surface area contributed by atoms with Gasteiger partial charge in [-0.25, -0.2) is 4.98 Å². The monoisotopic (exact) mass is 369 g/mol. The Morgan fingerprint density at radius 2 is 2.11 bits per heavy atom. The number of nitrogen functional groups attached to an aromatic ring is 1. The maximum absolute atomic E-state index is 9.33. The van der Waals surface area contributed by atoms with E-state index in [2.05, 4.69) is 28.3 Å². The molecule has 0 saturated carbocycles. The minimum Gasteiger partial charge on any atom is -0.496 e. The third kappa shape index (κ3) is 5.31. The summed E-state index contributed by atoms with van der Waals surface area (Å²) in [5.74, 6) is 1.54. The van der Waals surface area contributed by atoms with Crippen molar-refractivity contribution in [3.8, 4) is 11.8 Å². The fourth-order valence-electron chi connectivity index (χ4n) is 3.09. The summed E-state index contributed by atoms with van der Waals surface area (Å²) in [4.78, 5) is 8.71. The van der Waals surface area contributed by atoms with Crippen LogP contribution in [0.15, 0.2) is 18.2 Å². The Balaban J connectivity index is 2.40. The molecule has 0 aliphatic heterocycles. The van der Waals surface area contributed by atoms with E-state index in [0.29, 0.717) is 30.0 Å². The van der Waals surface area contributed by atoms with Gasteiger partial charge in [-0.2, -0.15) is 10.2 Å². The standard InChI is InChI=1S/C20H27N5O2/c1-4-5-16(8-9-26)24-19-17(13(2)23-20(22)25-19)11-15-7-6-14(12-21)10-18(15)27-3/h6-7,10,16,26H,4-5,8-9,11H2,1-3H3,(H3,22,23,24,25)/t16-/m0/s1. The lowest BCUT2D eigenvalue weighted by Crippen LogP contribution is -2.23. The van der Waals surface area contributed by atoms with Gasteiger partial charge in [-0.15, -0.1) is 0 Å². The summed E-state index contributed by atoms with van der Waals surface area (Å²) in [6, 6.07) is 7.60. The van der Waals surface area contributed by atoms with E-state index in [0.717, 1.165) is 29.7 Å². The highest BCUT2D eigenvalue weighted by atomic mass is 16.5. The van der Waals surface area contributed by atoms with E-state index in [9.17, 15) is 5.11 Å². The number of aliphatic hydroxyl groups is 1. The van der Waals surface area contributed by atoms with Gasteiger partial charge in [0.15, 0.2) is 0 Å². The topological polar surface area (TPSA) is 117 Å². The number of hydrogen-bond acceptors (Lipinski definition) is 7. The Bertz CT molecular complexity index is 811. The number of hydrogen-bond donors (Lipinski definition) is 3. The lowest BCUT2D eigenvalue weighted by molar-refractivity contribution is 0.276. The van der Waals surface area contributed by atoms with Gasteiger partial charge in [0.1, 0.15) is 11.6 Å². The van der Waals surface area contributed by atoms with E-state index < -0.39 is 0 Å². The number of rotatable bonds is 9. The number of aryl methyl sites for hydroxylation is 1. The van der Waals surface area contributed by atoms with E-state index in [1.54, 1.807) is 19.2 Å². The zero-order chi connectivity index (χ0) is 19.8. The van der Waals surface area contributed by atoms with Crippen LogP contribution >= 0.6 is 0 Å². The molecule has 0 radical (unpaired) electrons. The van der Waals surface area contributed by atoms with Crippen LogP contribution in [0, 0.1) is 18.3 Å². The molecule has 0 saturated heterocycles. The Morgan fingerprint density at radius 3 is 2.74 bits per heavy atom. The maximum atomic E-state index is 9.33. The van der Waals surface area contributed by atoms with Crippen LogP contribution in [0.4, 0.5) is 11.8 Å². The van der Waals surface area contributed by atoms with Gasteiger partial charge < -0.3 is 20.9 Å². The van der Waals surface area contributed by atoms with Gasteiger partial charge in [0.2, 0.25) is 5.95 Å². The van der Waals surface area contributed by atoms with Crippen LogP contribution in [0.3, 0.4) is 0 Å². The predicted octanol–water partition coefficient (Wildman–Crippen LogP) is 2.80. The molecule has 27 heavy (non-hydrogen) atoms. The number of nitrogens with two attached hydrogens (primary N) is 1. The largest absolute Gasteiger partial charge is 0.496 e. The zero-order valence-corrected chi connectivity index (χ0v) is 16.1. The number of aromatic nitrogens is 2. The quantitative estimate of drug-likeness (QED) is 0.622. The Kier molecular flexibility index (Phi) is 7.38. The van der Waals surface area contributed by atoms with Crippen molar-refractivity contribution in [2.75, 3.05) is 24.8 Å². The highest BCUT2D eigenvalue weighted by Crippen LogP contribution is 2.28. The van der Waals surface area contributed by atoms with E-state index in [4.69, 9.17) is 15.7 Å². The number of aliphatic hydroxyl groups excluding tert-OH is 1. The maximum Gasteiger partial charge on any atom is 0.222 e. The smallest absolute Gasteiger partial charge is 0.222 e. The molecule has 0 spiro atoms. The molecule has 1 aromatic carbocycles. The molecule has 0 unspecified atom stereocenters. The van der Waals surface area contributed by atoms with Crippen molar-refractivity contribution in [3.63, 3.8) is 0 Å². The van der Waals surface area contributed by atoms with Crippen LogP contribution in [-0.2, 0) is 6.42 Å². The summed E-state index contributed by atoms with van der Waals surface area (Å²) >= 11 is 0. The van der Waals surface area contributed by atoms with Gasteiger partial charge in [0.25, 0.3) is 0 Å². The average Bonchev–Trinajstić information content (AvgIpc) is 2.65. The first kappa shape index (κ1) is 20.5. The predicted molar refractivity (Wildman–Crippen MR) is 106 cm³/mol. The molecule has 0 bridgehead atoms. The number of benzene rings is 1. The molecule has 0 fully saturated rings. The number of anilines is 2. The zero-order valence-electron chi connectivity index (χ0n) is 16.1. The fourth-order valence-corrected chi connectivity index (χ4v) is 3.09. The molecule has 2 rings (SSSR count). The van der Waals surface area contributed by atoms with Gasteiger partial charge in [0.05, 0.1) is 18.7 Å². The number of ether oxygens (including phenoxy) is 1. The van der Waals surface area contributed by atoms with E-state index in [1.807, 2.05) is 13.0 Å². The van der Waals surface area contributed by atoms with E-state index in [1.165, 1.54) is 0 Å². The molecule has 1 heterocycles. The molecule has 0 aliphatic rings. The normalized spacial score (nSPS) is 11.7. The summed E-state index contributed by atoms with van der Waals surface area (Å²) in [5.41, 5.74) is 9.06. The first-order valence-corrected chi connectivity index (χ1v) is 9.09. The van der Waals surface area contributed by atoms with E-state index in [-0.39, 0.29) is 18.6 Å². The Hall–Kier alpha value is -2.85. The van der Waals surface area contributed by atoms with Crippen molar-refractivity contribution in [2.45, 2.75) is 45.6 Å². The minimum atomic E-state index is 0.107. The lowest BCUT2D eigenvalue weighted by atomic mass is 10.0. The first-order valence-electron chi connectivity index (χ1n) is 9.09. The molecule has 1 aromatic heterocycles. The third-order valence-electron chi connectivity index (χ3n) is 4.47. The molecular weight excluding hydrogens is 342 g/mol. The van der Waals surface area contributed by atoms with Crippen LogP contribution in [0.25, 0.3) is 0 Å². The molecule has 144 valence electrons. The van der Waals surface area contributed by atoms with Gasteiger partial charge in [0, 0.05) is 30.3 Å². The van der Waals surface area contributed by atoms with Crippen LogP contribution in [0.5, 0.6) is 5.75 Å². The van der Waals surface area contributed by atoms with Crippen LogP contribution in [0.2, 0.25) is 0 Å².